The zero-order valence-electron chi connectivity index (χ0n) is 22.2. The molecule has 0 saturated heterocycles. The largest absolute Gasteiger partial charge is 0.491 e. The Bertz CT molecular complexity index is 1060. The lowest BCUT2D eigenvalue weighted by molar-refractivity contribution is -0.130. The van der Waals surface area contributed by atoms with Gasteiger partial charge in [-0.3, -0.25) is 14.6 Å². The molecule has 2 amide bonds. The molecule has 2 bridgehead atoms. The van der Waals surface area contributed by atoms with E-state index in [0.29, 0.717) is 43.7 Å². The molecule has 2 aliphatic rings. The van der Waals surface area contributed by atoms with Crippen LogP contribution in [0.15, 0.2) is 36.7 Å². The summed E-state index contributed by atoms with van der Waals surface area (Å²) in [5, 5.41) is 20.1. The molecule has 0 spiro atoms. The van der Waals surface area contributed by atoms with Gasteiger partial charge >= 0.3 is 0 Å². The minimum Gasteiger partial charge on any atom is -0.491 e. The second-order valence-corrected chi connectivity index (χ2v) is 10.5. The Morgan fingerprint density at radius 1 is 1.21 bits per heavy atom. The van der Waals surface area contributed by atoms with Gasteiger partial charge in [-0.25, -0.2) is 4.39 Å². The lowest BCUT2D eigenvalue weighted by Gasteiger charge is -2.28. The maximum atomic E-state index is 14.7. The van der Waals surface area contributed by atoms with E-state index in [0.717, 1.165) is 17.5 Å². The lowest BCUT2D eigenvalue weighted by atomic mass is 9.99. The molecular formula is C28H39FN4O4S. The van der Waals surface area contributed by atoms with Crippen molar-refractivity contribution >= 4 is 23.6 Å². The van der Waals surface area contributed by atoms with E-state index in [2.05, 4.69) is 33.9 Å². The van der Waals surface area contributed by atoms with Gasteiger partial charge in [0.1, 0.15) is 6.04 Å². The second kappa shape index (κ2) is 15.7. The van der Waals surface area contributed by atoms with E-state index in [1.165, 1.54) is 6.07 Å². The molecule has 3 atom stereocenters. The molecule has 0 fully saturated rings. The smallest absolute Gasteiger partial charge is 0.242 e. The summed E-state index contributed by atoms with van der Waals surface area (Å²) in [6.07, 6.45) is 7.54. The molecule has 4 N–H and O–H groups in total. The third-order valence-electron chi connectivity index (χ3n) is 6.50. The number of hydrogen-bond acceptors (Lipinski definition) is 7. The molecule has 0 aliphatic carbocycles. The Hall–Kier alpha value is -2.69. The summed E-state index contributed by atoms with van der Waals surface area (Å²) in [5.74, 6) is -0.226. The zero-order valence-corrected chi connectivity index (χ0v) is 23.0. The van der Waals surface area contributed by atoms with Gasteiger partial charge in [-0.2, -0.15) is 11.8 Å². The Morgan fingerprint density at radius 3 is 2.79 bits per heavy atom. The number of fused-ring (bicyclic) bond motifs is 13. The fraction of sp³-hybridized carbons (Fsp3) is 0.536. The number of benzene rings is 1. The molecule has 0 saturated carbocycles. The lowest BCUT2D eigenvalue weighted by Crippen LogP contribution is -2.55. The Kier molecular flexibility index (Phi) is 12.3. The van der Waals surface area contributed by atoms with E-state index in [4.69, 9.17) is 4.74 Å². The van der Waals surface area contributed by atoms with E-state index < -0.39 is 24.0 Å². The number of nitrogens with one attached hydrogen (secondary N) is 3. The monoisotopic (exact) mass is 546 g/mol. The molecular weight excluding hydrogens is 507 g/mol. The van der Waals surface area contributed by atoms with Crippen LogP contribution in [0.5, 0.6) is 5.75 Å². The quantitative estimate of drug-likeness (QED) is 0.383. The number of carbonyl (C=O) groups excluding carboxylic acids is 2. The van der Waals surface area contributed by atoms with Crippen LogP contribution in [0.3, 0.4) is 0 Å². The fourth-order valence-corrected chi connectivity index (χ4v) is 4.76. The molecule has 10 heteroatoms. The summed E-state index contributed by atoms with van der Waals surface area (Å²) >= 11 is 1.59. The number of aliphatic hydroxyl groups is 1. The number of aromatic nitrogens is 1. The van der Waals surface area contributed by atoms with Crippen LogP contribution in [0, 0.1) is 5.82 Å². The van der Waals surface area contributed by atoms with Crippen molar-refractivity contribution in [3.8, 4) is 5.75 Å². The number of thioether (sulfide) groups is 1. The number of ether oxygens (including phenoxy) is 1. The molecule has 8 nitrogen and oxygen atoms in total. The molecule has 0 radical (unpaired) electrons. The molecule has 3 heterocycles. The van der Waals surface area contributed by atoms with Crippen molar-refractivity contribution in [3.63, 3.8) is 0 Å². The number of aliphatic hydroxyl groups excluding tert-OH is 1. The van der Waals surface area contributed by atoms with Crippen molar-refractivity contribution in [1.29, 1.82) is 0 Å². The number of halogens is 1. The second-order valence-electron chi connectivity index (χ2n) is 9.54. The van der Waals surface area contributed by atoms with Gasteiger partial charge < -0.3 is 25.8 Å². The van der Waals surface area contributed by atoms with Crippen molar-refractivity contribution in [1.82, 2.24) is 20.9 Å². The standard InChI is InChI=1S/C28H39FN4O4S/c1-3-19-12-21(16-30-15-19)17-31-18-25(34)24-14-20-7-8-26(22(29)13-20)37-10-5-4-6-27(35)32-23(9-11-38-2)28(36)33-24/h7-8,12-13,15-16,23-25,31,34H,3-6,9-11,14,17-18H2,1-2H3,(H,32,35)(H,33,36)/t23-,24-,25+/m0/s1. The highest BCUT2D eigenvalue weighted by molar-refractivity contribution is 7.98. The Balaban J connectivity index is 1.77. The summed E-state index contributed by atoms with van der Waals surface area (Å²) in [7, 11) is 0. The van der Waals surface area contributed by atoms with E-state index in [-0.39, 0.29) is 37.0 Å². The van der Waals surface area contributed by atoms with Gasteiger partial charge in [-0.1, -0.05) is 19.1 Å². The minimum absolute atomic E-state index is 0.146. The van der Waals surface area contributed by atoms with Crippen molar-refractivity contribution in [2.75, 3.05) is 25.2 Å². The average molecular weight is 547 g/mol. The van der Waals surface area contributed by atoms with Crippen LogP contribution in [0.25, 0.3) is 0 Å². The number of pyridine rings is 1. The van der Waals surface area contributed by atoms with Gasteiger partial charge in [0.15, 0.2) is 11.6 Å². The molecule has 208 valence electrons. The summed E-state index contributed by atoms with van der Waals surface area (Å²) in [6, 6.07) is 5.34. The third-order valence-corrected chi connectivity index (χ3v) is 7.15. The summed E-state index contributed by atoms with van der Waals surface area (Å²) in [5.41, 5.74) is 2.74. The van der Waals surface area contributed by atoms with E-state index in [1.807, 2.05) is 12.5 Å². The average Bonchev–Trinajstić information content (AvgIpc) is 2.91. The van der Waals surface area contributed by atoms with Crippen LogP contribution < -0.4 is 20.7 Å². The van der Waals surface area contributed by atoms with E-state index >= 15 is 0 Å². The molecule has 4 rings (SSSR count). The highest BCUT2D eigenvalue weighted by atomic mass is 32.2. The molecule has 0 unspecified atom stereocenters. The first-order chi connectivity index (χ1) is 18.4. The van der Waals surface area contributed by atoms with Gasteiger partial charge in [0.2, 0.25) is 11.8 Å². The molecule has 1 aromatic carbocycles. The van der Waals surface area contributed by atoms with Crippen LogP contribution in [0.4, 0.5) is 4.39 Å². The number of hydrogen-bond donors (Lipinski definition) is 4. The molecule has 1 aromatic heterocycles. The highest BCUT2D eigenvalue weighted by Crippen LogP contribution is 2.20. The first kappa shape index (κ1) is 29.9. The first-order valence-corrected chi connectivity index (χ1v) is 14.6. The number of rotatable bonds is 9. The normalized spacial score (nSPS) is 19.9. The number of nitrogens with zero attached hydrogens (tertiary/aromatic N) is 1. The van der Waals surface area contributed by atoms with Crippen LogP contribution in [-0.4, -0.2) is 65.3 Å². The fourth-order valence-electron chi connectivity index (χ4n) is 4.29. The molecule has 2 aromatic rings. The predicted molar refractivity (Wildman–Crippen MR) is 148 cm³/mol. The van der Waals surface area contributed by atoms with Gasteiger partial charge in [0.05, 0.1) is 18.8 Å². The maximum absolute atomic E-state index is 14.7. The SMILES string of the molecule is CCc1cncc(CNC[C@@H](O)[C@@H]2Cc3ccc(c(F)c3)OCCCCC(=O)N[C@@H](CCSC)C(=O)N2)c1. The maximum Gasteiger partial charge on any atom is 0.242 e. The van der Waals surface area contributed by atoms with Crippen LogP contribution >= 0.6 is 11.8 Å². The molecule has 38 heavy (non-hydrogen) atoms. The van der Waals surface area contributed by atoms with Crippen LogP contribution in [0.1, 0.15) is 49.3 Å². The summed E-state index contributed by atoms with van der Waals surface area (Å²) in [6.45, 7) is 3.07. The van der Waals surface area contributed by atoms with Crippen molar-refractivity contribution in [2.45, 2.75) is 70.2 Å². The minimum atomic E-state index is -0.962. The summed E-state index contributed by atoms with van der Waals surface area (Å²) < 4.78 is 20.3. The highest BCUT2D eigenvalue weighted by Gasteiger charge is 2.27. The predicted octanol–water partition coefficient (Wildman–Crippen LogP) is 2.76. The Labute approximate surface area is 228 Å². The summed E-state index contributed by atoms with van der Waals surface area (Å²) in [4.78, 5) is 30.1. The van der Waals surface area contributed by atoms with Crippen molar-refractivity contribution in [2.24, 2.45) is 0 Å². The van der Waals surface area contributed by atoms with E-state index in [1.54, 1.807) is 30.1 Å². The van der Waals surface area contributed by atoms with E-state index in [9.17, 15) is 19.1 Å². The first-order valence-electron chi connectivity index (χ1n) is 13.2. The number of amides is 2. The van der Waals surface area contributed by atoms with Gasteiger partial charge in [-0.15, -0.1) is 0 Å². The topological polar surface area (TPSA) is 113 Å². The molecule has 2 aliphatic heterocycles. The number of carbonyl (C=O) groups is 2. The number of aryl methyl sites for hydroxylation is 1. The van der Waals surface area contributed by atoms with Gasteiger partial charge in [0.25, 0.3) is 0 Å². The Morgan fingerprint density at radius 2 is 2.03 bits per heavy atom. The van der Waals surface area contributed by atoms with Crippen molar-refractivity contribution < 1.29 is 23.8 Å². The van der Waals surface area contributed by atoms with Crippen molar-refractivity contribution in [3.05, 3.63) is 59.2 Å². The van der Waals surface area contributed by atoms with Gasteiger partial charge in [-0.05, 0) is 72.9 Å². The van der Waals surface area contributed by atoms with Gasteiger partial charge in [0, 0.05) is 31.9 Å². The third kappa shape index (κ3) is 9.56. The zero-order chi connectivity index (χ0) is 27.3. The van der Waals surface area contributed by atoms with Crippen LogP contribution in [-0.2, 0) is 29.0 Å². The van der Waals surface area contributed by atoms with Crippen LogP contribution in [0.2, 0.25) is 0 Å².